The number of fused-ring (bicyclic) bond motifs is 3. The standard InChI is InChI=1S/C15H16N2O/c18-16-14-11-5-6-12(9-11)15(14)17-8-7-10-3-1-2-4-13(10)17/h1-4,7-8,11-12,15,18H,5-6,9H2/b16-14+/t11-,12-,15-/m0/s1. The molecule has 1 aromatic carbocycles. The number of aromatic nitrogens is 1. The Balaban J connectivity index is 1.88. The van der Waals surface area contributed by atoms with E-state index in [-0.39, 0.29) is 6.04 Å². The zero-order valence-corrected chi connectivity index (χ0v) is 10.2. The van der Waals surface area contributed by atoms with Crippen molar-refractivity contribution >= 4 is 16.6 Å². The van der Waals surface area contributed by atoms with Crippen LogP contribution in [0.3, 0.4) is 0 Å². The molecule has 1 aromatic heterocycles. The van der Waals surface area contributed by atoms with Gasteiger partial charge in [0, 0.05) is 17.6 Å². The second-order valence-electron chi connectivity index (χ2n) is 5.52. The lowest BCUT2D eigenvalue weighted by molar-refractivity contribution is 0.307. The Bertz CT molecular complexity index is 628. The molecule has 4 rings (SSSR count). The Morgan fingerprint density at radius 1 is 1.17 bits per heavy atom. The van der Waals surface area contributed by atoms with Gasteiger partial charge in [-0.25, -0.2) is 0 Å². The van der Waals surface area contributed by atoms with Crippen LogP contribution in [-0.2, 0) is 0 Å². The van der Waals surface area contributed by atoms with Gasteiger partial charge in [0.25, 0.3) is 0 Å². The van der Waals surface area contributed by atoms with Gasteiger partial charge < -0.3 is 9.77 Å². The monoisotopic (exact) mass is 240 g/mol. The van der Waals surface area contributed by atoms with Crippen molar-refractivity contribution in [1.82, 2.24) is 4.57 Å². The lowest BCUT2D eigenvalue weighted by Gasteiger charge is -2.25. The number of hydrogen-bond acceptors (Lipinski definition) is 2. The van der Waals surface area contributed by atoms with Crippen LogP contribution in [-0.4, -0.2) is 15.5 Å². The minimum absolute atomic E-state index is 0.272. The van der Waals surface area contributed by atoms with Crippen molar-refractivity contribution in [1.29, 1.82) is 0 Å². The summed E-state index contributed by atoms with van der Waals surface area (Å²) in [5.41, 5.74) is 2.24. The minimum atomic E-state index is 0.272. The average molecular weight is 240 g/mol. The summed E-state index contributed by atoms with van der Waals surface area (Å²) < 4.78 is 2.30. The summed E-state index contributed by atoms with van der Waals surface area (Å²) in [7, 11) is 0. The largest absolute Gasteiger partial charge is 0.411 e. The van der Waals surface area contributed by atoms with E-state index in [4.69, 9.17) is 0 Å². The molecule has 2 aromatic rings. The molecule has 1 N–H and O–H groups in total. The second kappa shape index (κ2) is 3.61. The molecule has 2 saturated carbocycles. The topological polar surface area (TPSA) is 37.5 Å². The van der Waals surface area contributed by atoms with E-state index in [9.17, 15) is 5.21 Å². The molecule has 2 fully saturated rings. The van der Waals surface area contributed by atoms with Crippen molar-refractivity contribution in [2.75, 3.05) is 0 Å². The summed E-state index contributed by atoms with van der Waals surface area (Å²) in [6.07, 6.45) is 5.79. The number of nitrogens with zero attached hydrogens (tertiary/aromatic N) is 2. The van der Waals surface area contributed by atoms with Crippen LogP contribution >= 0.6 is 0 Å². The first kappa shape index (κ1) is 10.2. The Labute approximate surface area is 106 Å². The van der Waals surface area contributed by atoms with Crippen LogP contribution in [0.5, 0.6) is 0 Å². The first-order chi connectivity index (χ1) is 8.88. The first-order valence-electron chi connectivity index (χ1n) is 6.66. The fourth-order valence-electron chi connectivity index (χ4n) is 3.91. The third-order valence-corrected chi connectivity index (χ3v) is 4.69. The highest BCUT2D eigenvalue weighted by Gasteiger charge is 2.46. The first-order valence-corrected chi connectivity index (χ1v) is 6.66. The molecule has 0 aliphatic heterocycles. The number of oxime groups is 1. The van der Waals surface area contributed by atoms with Gasteiger partial charge in [-0.15, -0.1) is 0 Å². The third-order valence-electron chi connectivity index (χ3n) is 4.69. The molecular weight excluding hydrogens is 224 g/mol. The van der Waals surface area contributed by atoms with Crippen LogP contribution in [0.2, 0.25) is 0 Å². The summed E-state index contributed by atoms with van der Waals surface area (Å²) in [5, 5.41) is 14.2. The molecule has 2 aliphatic rings. The molecule has 0 amide bonds. The second-order valence-corrected chi connectivity index (χ2v) is 5.52. The highest BCUT2D eigenvalue weighted by molar-refractivity contribution is 5.94. The van der Waals surface area contributed by atoms with Crippen molar-refractivity contribution < 1.29 is 5.21 Å². The van der Waals surface area contributed by atoms with E-state index in [0.29, 0.717) is 11.8 Å². The molecule has 0 saturated heterocycles. The van der Waals surface area contributed by atoms with Crippen LogP contribution in [0.15, 0.2) is 41.7 Å². The molecule has 2 bridgehead atoms. The van der Waals surface area contributed by atoms with E-state index in [0.717, 1.165) is 5.71 Å². The van der Waals surface area contributed by atoms with E-state index in [2.05, 4.69) is 46.3 Å². The molecule has 92 valence electrons. The van der Waals surface area contributed by atoms with Gasteiger partial charge in [-0.3, -0.25) is 0 Å². The van der Waals surface area contributed by atoms with Crippen molar-refractivity contribution in [3.8, 4) is 0 Å². The van der Waals surface area contributed by atoms with Gasteiger partial charge in [-0.1, -0.05) is 23.4 Å². The number of rotatable bonds is 1. The van der Waals surface area contributed by atoms with Gasteiger partial charge in [0.2, 0.25) is 0 Å². The lowest BCUT2D eigenvalue weighted by Crippen LogP contribution is -2.25. The van der Waals surface area contributed by atoms with E-state index in [1.165, 1.54) is 30.2 Å². The highest BCUT2D eigenvalue weighted by atomic mass is 16.4. The van der Waals surface area contributed by atoms with Gasteiger partial charge in [-0.2, -0.15) is 0 Å². The Morgan fingerprint density at radius 3 is 2.94 bits per heavy atom. The Kier molecular flexibility index (Phi) is 2.04. The molecule has 0 unspecified atom stereocenters. The van der Waals surface area contributed by atoms with Crippen LogP contribution < -0.4 is 0 Å². The van der Waals surface area contributed by atoms with E-state index >= 15 is 0 Å². The van der Waals surface area contributed by atoms with Gasteiger partial charge >= 0.3 is 0 Å². The third kappa shape index (κ3) is 1.22. The van der Waals surface area contributed by atoms with Crippen LogP contribution in [0.1, 0.15) is 25.3 Å². The summed E-state index contributed by atoms with van der Waals surface area (Å²) >= 11 is 0. The van der Waals surface area contributed by atoms with Gasteiger partial charge in [-0.05, 0) is 42.7 Å². The Morgan fingerprint density at radius 2 is 2.06 bits per heavy atom. The molecule has 0 radical (unpaired) electrons. The smallest absolute Gasteiger partial charge is 0.0832 e. The quantitative estimate of drug-likeness (QED) is 0.601. The maximum Gasteiger partial charge on any atom is 0.0832 e. The normalized spacial score (nSPS) is 32.7. The highest BCUT2D eigenvalue weighted by Crippen LogP contribution is 2.49. The van der Waals surface area contributed by atoms with E-state index < -0.39 is 0 Å². The number of para-hydroxylation sites is 1. The van der Waals surface area contributed by atoms with E-state index in [1.807, 2.05) is 0 Å². The molecule has 3 atom stereocenters. The molecule has 0 spiro atoms. The summed E-state index contributed by atoms with van der Waals surface area (Å²) in [6.45, 7) is 0. The van der Waals surface area contributed by atoms with Crippen LogP contribution in [0.4, 0.5) is 0 Å². The Hall–Kier alpha value is -1.77. The van der Waals surface area contributed by atoms with Crippen molar-refractivity contribution in [2.24, 2.45) is 17.0 Å². The maximum absolute atomic E-state index is 9.30. The van der Waals surface area contributed by atoms with Crippen molar-refractivity contribution in [3.63, 3.8) is 0 Å². The molecule has 18 heavy (non-hydrogen) atoms. The summed E-state index contributed by atoms with van der Waals surface area (Å²) in [4.78, 5) is 0. The van der Waals surface area contributed by atoms with Crippen LogP contribution in [0.25, 0.3) is 10.9 Å². The summed E-state index contributed by atoms with van der Waals surface area (Å²) in [6, 6.07) is 10.8. The van der Waals surface area contributed by atoms with Gasteiger partial charge in [0.1, 0.15) is 0 Å². The fraction of sp³-hybridized carbons (Fsp3) is 0.400. The maximum atomic E-state index is 9.30. The molecular formula is C15H16N2O. The molecule has 1 heterocycles. The van der Waals surface area contributed by atoms with Crippen molar-refractivity contribution in [2.45, 2.75) is 25.3 Å². The molecule has 3 nitrogen and oxygen atoms in total. The molecule has 2 aliphatic carbocycles. The SMILES string of the molecule is O/N=C1\[C@H]2CC[C@@H](C2)[C@@H]1n1ccc2ccccc21. The van der Waals surface area contributed by atoms with Gasteiger partial charge in [0.15, 0.2) is 0 Å². The summed E-state index contributed by atoms with van der Waals surface area (Å²) in [5.74, 6) is 1.16. The minimum Gasteiger partial charge on any atom is -0.411 e. The molecule has 3 heteroatoms. The number of benzene rings is 1. The van der Waals surface area contributed by atoms with E-state index in [1.54, 1.807) is 0 Å². The average Bonchev–Trinajstić information content (AvgIpc) is 3.11. The van der Waals surface area contributed by atoms with Gasteiger partial charge in [0.05, 0.1) is 11.8 Å². The van der Waals surface area contributed by atoms with Crippen LogP contribution in [0, 0.1) is 11.8 Å². The van der Waals surface area contributed by atoms with Crippen molar-refractivity contribution in [3.05, 3.63) is 36.5 Å². The number of hydrogen-bond donors (Lipinski definition) is 1. The zero-order chi connectivity index (χ0) is 12.1. The lowest BCUT2D eigenvalue weighted by atomic mass is 9.93. The predicted octanol–water partition coefficient (Wildman–Crippen LogP) is 3.44. The zero-order valence-electron chi connectivity index (χ0n) is 10.2. The fourth-order valence-corrected chi connectivity index (χ4v) is 3.91. The predicted molar refractivity (Wildman–Crippen MR) is 71.0 cm³/mol.